The fraction of sp³-hybridized carbons (Fsp3) is 0.586. The molecule has 2 aromatic rings. The van der Waals surface area contributed by atoms with Crippen LogP contribution in [0.15, 0.2) is 30.3 Å². The molecule has 0 spiro atoms. The van der Waals surface area contributed by atoms with Gasteiger partial charge < -0.3 is 14.2 Å². The zero-order chi connectivity index (χ0) is 24.8. The second-order valence-corrected chi connectivity index (χ2v) is 9.85. The summed E-state index contributed by atoms with van der Waals surface area (Å²) in [6.07, 6.45) is 7.04. The van der Waals surface area contributed by atoms with E-state index < -0.39 is 17.5 Å². The Balaban J connectivity index is 1.30. The molecule has 0 aliphatic heterocycles. The van der Waals surface area contributed by atoms with Crippen molar-refractivity contribution < 1.29 is 27.4 Å². The van der Waals surface area contributed by atoms with Gasteiger partial charge in [-0.25, -0.2) is 13.2 Å². The normalized spacial score (nSPS) is 24.8. The van der Waals surface area contributed by atoms with Crippen LogP contribution in [0.2, 0.25) is 0 Å². The van der Waals surface area contributed by atoms with Crippen molar-refractivity contribution in [2.24, 2.45) is 5.92 Å². The second kappa shape index (κ2) is 12.2. The minimum atomic E-state index is -0.668. The molecule has 4 rings (SSSR count). The first-order chi connectivity index (χ1) is 17.0. The lowest BCUT2D eigenvalue weighted by atomic mass is 9.77. The summed E-state index contributed by atoms with van der Waals surface area (Å²) < 4.78 is 60.9. The molecule has 2 saturated carbocycles. The van der Waals surface area contributed by atoms with Gasteiger partial charge in [0, 0.05) is 12.7 Å². The molecule has 0 radical (unpaired) electrons. The van der Waals surface area contributed by atoms with Crippen LogP contribution in [-0.4, -0.2) is 25.9 Å². The molecule has 2 aliphatic rings. The highest BCUT2D eigenvalue weighted by molar-refractivity contribution is 5.33. The Morgan fingerprint density at radius 3 is 1.86 bits per heavy atom. The Hall–Kier alpha value is -2.21. The smallest absolute Gasteiger partial charge is 0.168 e. The van der Waals surface area contributed by atoms with Gasteiger partial charge in [-0.3, -0.25) is 0 Å². The summed E-state index contributed by atoms with van der Waals surface area (Å²) in [6, 6.07) is 8.26. The van der Waals surface area contributed by atoms with E-state index in [4.69, 9.17) is 14.2 Å². The van der Waals surface area contributed by atoms with Crippen molar-refractivity contribution in [2.45, 2.75) is 83.2 Å². The molecule has 35 heavy (non-hydrogen) atoms. The molecular formula is C29H37F3O3. The highest BCUT2D eigenvalue weighted by Crippen LogP contribution is 2.41. The molecule has 0 bridgehead atoms. The second-order valence-electron chi connectivity index (χ2n) is 9.85. The molecule has 0 atom stereocenters. The molecule has 192 valence electrons. The number of hydrogen-bond acceptors (Lipinski definition) is 3. The van der Waals surface area contributed by atoms with Crippen LogP contribution in [0, 0.1) is 23.4 Å². The van der Waals surface area contributed by atoms with Crippen LogP contribution in [0.25, 0.3) is 0 Å². The summed E-state index contributed by atoms with van der Waals surface area (Å²) in [4.78, 5) is 0. The van der Waals surface area contributed by atoms with Crippen molar-refractivity contribution in [3.63, 3.8) is 0 Å². The van der Waals surface area contributed by atoms with Crippen molar-refractivity contribution in [1.29, 1.82) is 0 Å². The van der Waals surface area contributed by atoms with Gasteiger partial charge in [0.15, 0.2) is 23.2 Å². The van der Waals surface area contributed by atoms with Gasteiger partial charge in [0.2, 0.25) is 0 Å². The minimum absolute atomic E-state index is 0.0198. The fourth-order valence-electron chi connectivity index (χ4n) is 5.68. The maximum atomic E-state index is 15.1. The first kappa shape index (κ1) is 25.9. The lowest BCUT2D eigenvalue weighted by Crippen LogP contribution is -2.22. The van der Waals surface area contributed by atoms with Crippen LogP contribution < -0.4 is 9.47 Å². The van der Waals surface area contributed by atoms with Crippen molar-refractivity contribution in [3.8, 4) is 11.5 Å². The third-order valence-electron chi connectivity index (χ3n) is 7.63. The van der Waals surface area contributed by atoms with Crippen LogP contribution in [-0.2, 0) is 4.74 Å². The standard InChI is InChI=1S/C29H37F3O3/c1-3-33-22-11-9-21(10-12-22)25-15-14-24(28(31)29(25)32)20-7-5-19(6-8-20)18-35-23-13-16-27(34-4-2)26(30)17-23/h13-17,19-22H,3-12,18H2,1-2H3. The lowest BCUT2D eigenvalue weighted by Gasteiger charge is -2.31. The molecule has 0 N–H and O–H groups in total. The van der Waals surface area contributed by atoms with Gasteiger partial charge in [0.05, 0.1) is 19.3 Å². The zero-order valence-electron chi connectivity index (χ0n) is 20.8. The first-order valence-corrected chi connectivity index (χ1v) is 13.1. The largest absolute Gasteiger partial charge is 0.493 e. The van der Waals surface area contributed by atoms with Gasteiger partial charge >= 0.3 is 0 Å². The first-order valence-electron chi connectivity index (χ1n) is 13.1. The lowest BCUT2D eigenvalue weighted by molar-refractivity contribution is 0.0325. The highest BCUT2D eigenvalue weighted by atomic mass is 19.2. The molecule has 2 aliphatic carbocycles. The molecule has 0 unspecified atom stereocenters. The number of benzene rings is 2. The maximum Gasteiger partial charge on any atom is 0.168 e. The van der Waals surface area contributed by atoms with Gasteiger partial charge in [-0.15, -0.1) is 0 Å². The molecule has 3 nitrogen and oxygen atoms in total. The summed E-state index contributed by atoms with van der Waals surface area (Å²) in [6.45, 7) is 5.39. The molecule has 0 amide bonds. The molecule has 0 aromatic heterocycles. The number of rotatable bonds is 9. The Morgan fingerprint density at radius 1 is 0.714 bits per heavy atom. The number of hydrogen-bond donors (Lipinski definition) is 0. The van der Waals surface area contributed by atoms with Crippen LogP contribution in [0.1, 0.15) is 88.2 Å². The van der Waals surface area contributed by atoms with E-state index in [1.54, 1.807) is 12.1 Å². The summed E-state index contributed by atoms with van der Waals surface area (Å²) in [5.41, 5.74) is 1.02. The van der Waals surface area contributed by atoms with Crippen LogP contribution >= 0.6 is 0 Å². The van der Waals surface area contributed by atoms with Gasteiger partial charge in [0.1, 0.15) is 5.75 Å². The van der Waals surface area contributed by atoms with Crippen LogP contribution in [0.4, 0.5) is 13.2 Å². The molecule has 2 fully saturated rings. The Morgan fingerprint density at radius 2 is 1.31 bits per heavy atom. The monoisotopic (exact) mass is 490 g/mol. The van der Waals surface area contributed by atoms with E-state index in [0.29, 0.717) is 42.6 Å². The predicted octanol–water partition coefficient (Wildman–Crippen LogP) is 7.92. The average Bonchev–Trinajstić information content (AvgIpc) is 2.87. The minimum Gasteiger partial charge on any atom is -0.493 e. The summed E-state index contributed by atoms with van der Waals surface area (Å²) in [5, 5.41) is 0. The average molecular weight is 491 g/mol. The van der Waals surface area contributed by atoms with Crippen molar-refractivity contribution in [2.75, 3.05) is 19.8 Å². The van der Waals surface area contributed by atoms with E-state index >= 15 is 8.78 Å². The molecule has 2 aromatic carbocycles. The van der Waals surface area contributed by atoms with Crippen molar-refractivity contribution >= 4 is 0 Å². The summed E-state index contributed by atoms with van der Waals surface area (Å²) in [7, 11) is 0. The van der Waals surface area contributed by atoms with E-state index in [-0.39, 0.29) is 23.7 Å². The molecule has 0 saturated heterocycles. The van der Waals surface area contributed by atoms with E-state index in [1.807, 2.05) is 26.0 Å². The van der Waals surface area contributed by atoms with Crippen LogP contribution in [0.5, 0.6) is 11.5 Å². The Labute approximate surface area is 207 Å². The van der Waals surface area contributed by atoms with Gasteiger partial charge in [-0.2, -0.15) is 0 Å². The summed E-state index contributed by atoms with van der Waals surface area (Å²) in [5.74, 6) is -0.665. The summed E-state index contributed by atoms with van der Waals surface area (Å²) >= 11 is 0. The molecule has 0 heterocycles. The van der Waals surface area contributed by atoms with Gasteiger partial charge in [-0.1, -0.05) is 12.1 Å². The quantitative estimate of drug-likeness (QED) is 0.357. The van der Waals surface area contributed by atoms with Crippen molar-refractivity contribution in [3.05, 3.63) is 58.9 Å². The van der Waals surface area contributed by atoms with Gasteiger partial charge in [-0.05, 0) is 106 Å². The Kier molecular flexibility index (Phi) is 8.99. The van der Waals surface area contributed by atoms with Crippen LogP contribution in [0.3, 0.4) is 0 Å². The fourth-order valence-corrected chi connectivity index (χ4v) is 5.68. The van der Waals surface area contributed by atoms with E-state index in [9.17, 15) is 4.39 Å². The SMILES string of the molecule is CCOc1ccc(OCC2CCC(c3ccc(C4CCC(OCC)CC4)c(F)c3F)CC2)cc1F. The van der Waals surface area contributed by atoms with Gasteiger partial charge in [0.25, 0.3) is 0 Å². The van der Waals surface area contributed by atoms with E-state index in [2.05, 4.69) is 0 Å². The highest BCUT2D eigenvalue weighted by Gasteiger charge is 2.30. The third kappa shape index (κ3) is 6.32. The maximum absolute atomic E-state index is 15.1. The molecule has 6 heteroatoms. The third-order valence-corrected chi connectivity index (χ3v) is 7.63. The van der Waals surface area contributed by atoms with E-state index in [1.165, 1.54) is 6.07 Å². The van der Waals surface area contributed by atoms with Crippen molar-refractivity contribution in [1.82, 2.24) is 0 Å². The van der Waals surface area contributed by atoms with E-state index in [0.717, 1.165) is 51.4 Å². The topological polar surface area (TPSA) is 27.7 Å². The predicted molar refractivity (Wildman–Crippen MR) is 131 cm³/mol. The molecular weight excluding hydrogens is 453 g/mol. The number of halogens is 3. The zero-order valence-corrected chi connectivity index (χ0v) is 20.8. The Bertz CT molecular complexity index is 964. The number of ether oxygens (including phenoxy) is 3.